The van der Waals surface area contributed by atoms with E-state index in [9.17, 15) is 4.79 Å². The largest absolute Gasteiger partial charge is 0.370 e. The summed E-state index contributed by atoms with van der Waals surface area (Å²) in [5, 5.41) is 2.95. The summed E-state index contributed by atoms with van der Waals surface area (Å²) in [6.45, 7) is 5.00. The monoisotopic (exact) mass is 365 g/mol. The molecule has 1 N–H and O–H groups in total. The molecule has 1 amide bonds. The van der Waals surface area contributed by atoms with Gasteiger partial charge >= 0.3 is 0 Å². The lowest BCUT2D eigenvalue weighted by atomic mass is 9.90. The van der Waals surface area contributed by atoms with Crippen molar-refractivity contribution in [2.24, 2.45) is 5.92 Å². The molecule has 1 aliphatic heterocycles. The van der Waals surface area contributed by atoms with Crippen LogP contribution >= 0.6 is 0 Å². The number of nitrogens with zero attached hydrogens (tertiary/aromatic N) is 2. The molecule has 4 heteroatoms. The number of anilines is 1. The van der Waals surface area contributed by atoms with Gasteiger partial charge in [-0.15, -0.1) is 0 Å². The number of benzene rings is 1. The number of aromatic nitrogens is 1. The lowest BCUT2D eigenvalue weighted by molar-refractivity contribution is 0.0948. The average Bonchev–Trinajstić information content (AvgIpc) is 2.72. The van der Waals surface area contributed by atoms with Crippen molar-refractivity contribution in [3.63, 3.8) is 0 Å². The van der Waals surface area contributed by atoms with Crippen molar-refractivity contribution >= 4 is 11.6 Å². The molecule has 1 saturated heterocycles. The summed E-state index contributed by atoms with van der Waals surface area (Å²) in [7, 11) is 0. The molecule has 0 unspecified atom stereocenters. The van der Waals surface area contributed by atoms with Gasteiger partial charge < -0.3 is 10.2 Å². The minimum Gasteiger partial charge on any atom is -0.370 e. The molecule has 0 spiro atoms. The molecule has 1 aliphatic rings. The Hall–Kier alpha value is -2.36. The fourth-order valence-electron chi connectivity index (χ4n) is 3.72. The normalized spacial score (nSPS) is 14.9. The fraction of sp³-hybridized carbons (Fsp3) is 0.478. The quantitative estimate of drug-likeness (QED) is 0.703. The van der Waals surface area contributed by atoms with Crippen molar-refractivity contribution in [1.82, 2.24) is 10.3 Å². The Labute approximate surface area is 163 Å². The standard InChI is InChI=1S/C23H31N3O/c1-2-3-7-14-24-23(27)22-11-10-21(18-25-22)26-15-12-20(13-16-26)17-19-8-5-4-6-9-19/h4-6,8-11,18,20H,2-3,7,12-17H2,1H3,(H,24,27). The van der Waals surface area contributed by atoms with Crippen LogP contribution in [0.3, 0.4) is 0 Å². The highest BCUT2D eigenvalue weighted by atomic mass is 16.1. The molecule has 2 aromatic rings. The van der Waals surface area contributed by atoms with E-state index in [1.165, 1.54) is 24.8 Å². The highest BCUT2D eigenvalue weighted by molar-refractivity contribution is 5.92. The molecule has 1 fully saturated rings. The number of nitrogens with one attached hydrogen (secondary N) is 1. The number of hydrogen-bond donors (Lipinski definition) is 1. The van der Waals surface area contributed by atoms with Crippen LogP contribution < -0.4 is 10.2 Å². The summed E-state index contributed by atoms with van der Waals surface area (Å²) < 4.78 is 0. The van der Waals surface area contributed by atoms with Crippen LogP contribution in [0.15, 0.2) is 48.7 Å². The minimum atomic E-state index is -0.0702. The lowest BCUT2D eigenvalue weighted by Crippen LogP contribution is -2.34. The molecular formula is C23H31N3O. The Morgan fingerprint density at radius 1 is 1.11 bits per heavy atom. The number of rotatable bonds is 8. The van der Waals surface area contributed by atoms with Gasteiger partial charge in [-0.05, 0) is 49.3 Å². The smallest absolute Gasteiger partial charge is 0.269 e. The first kappa shape index (κ1) is 19.4. The van der Waals surface area contributed by atoms with Crippen LogP contribution in [0.1, 0.15) is 55.1 Å². The van der Waals surface area contributed by atoms with Gasteiger partial charge in [0.1, 0.15) is 5.69 Å². The zero-order valence-corrected chi connectivity index (χ0v) is 16.4. The molecular weight excluding hydrogens is 334 g/mol. The Bertz CT molecular complexity index is 691. The van der Waals surface area contributed by atoms with Gasteiger partial charge in [-0.1, -0.05) is 50.1 Å². The second kappa shape index (κ2) is 10.1. The molecule has 0 saturated carbocycles. The van der Waals surface area contributed by atoms with E-state index in [4.69, 9.17) is 0 Å². The summed E-state index contributed by atoms with van der Waals surface area (Å²) in [5.74, 6) is 0.684. The molecule has 3 rings (SSSR count). The van der Waals surface area contributed by atoms with E-state index >= 15 is 0 Å². The SMILES string of the molecule is CCCCCNC(=O)c1ccc(N2CCC(Cc3ccccc3)CC2)cn1. The molecule has 1 aromatic heterocycles. The number of carbonyl (C=O) groups is 1. The maximum atomic E-state index is 12.1. The minimum absolute atomic E-state index is 0.0702. The fourth-order valence-corrected chi connectivity index (χ4v) is 3.72. The summed E-state index contributed by atoms with van der Waals surface area (Å²) in [5.41, 5.74) is 3.07. The first-order valence-electron chi connectivity index (χ1n) is 10.3. The second-order valence-corrected chi connectivity index (χ2v) is 7.48. The number of piperidine rings is 1. The van der Waals surface area contributed by atoms with Gasteiger partial charge in [0.25, 0.3) is 5.91 Å². The van der Waals surface area contributed by atoms with Gasteiger partial charge in [0, 0.05) is 19.6 Å². The third kappa shape index (κ3) is 5.81. The van der Waals surface area contributed by atoms with E-state index in [1.54, 1.807) is 0 Å². The zero-order valence-electron chi connectivity index (χ0n) is 16.4. The maximum Gasteiger partial charge on any atom is 0.269 e. The Kier molecular flexibility index (Phi) is 7.26. The van der Waals surface area contributed by atoms with Gasteiger partial charge in [0.2, 0.25) is 0 Å². The third-order valence-electron chi connectivity index (χ3n) is 5.39. The molecule has 1 aromatic carbocycles. The van der Waals surface area contributed by atoms with E-state index in [0.29, 0.717) is 5.69 Å². The van der Waals surface area contributed by atoms with Gasteiger partial charge in [-0.3, -0.25) is 4.79 Å². The molecule has 4 nitrogen and oxygen atoms in total. The van der Waals surface area contributed by atoms with Crippen LogP contribution in [-0.2, 0) is 6.42 Å². The van der Waals surface area contributed by atoms with Crippen molar-refractivity contribution < 1.29 is 4.79 Å². The van der Waals surface area contributed by atoms with E-state index < -0.39 is 0 Å². The Balaban J connectivity index is 1.46. The van der Waals surface area contributed by atoms with Crippen molar-refractivity contribution in [3.8, 4) is 0 Å². The van der Waals surface area contributed by atoms with Crippen molar-refractivity contribution in [1.29, 1.82) is 0 Å². The summed E-state index contributed by atoms with van der Waals surface area (Å²) in [6.07, 6.45) is 8.75. The first-order valence-corrected chi connectivity index (χ1v) is 10.3. The van der Waals surface area contributed by atoms with Gasteiger partial charge in [0.05, 0.1) is 11.9 Å². The van der Waals surface area contributed by atoms with Crippen LogP contribution in [-0.4, -0.2) is 30.5 Å². The predicted octanol–water partition coefficient (Wildman–Crippen LogP) is 4.46. The summed E-state index contributed by atoms with van der Waals surface area (Å²) in [4.78, 5) is 18.9. The lowest BCUT2D eigenvalue weighted by Gasteiger charge is -2.33. The summed E-state index contributed by atoms with van der Waals surface area (Å²) in [6, 6.07) is 14.7. The molecule has 27 heavy (non-hydrogen) atoms. The second-order valence-electron chi connectivity index (χ2n) is 7.48. The van der Waals surface area contributed by atoms with Gasteiger partial charge in [-0.2, -0.15) is 0 Å². The number of hydrogen-bond acceptors (Lipinski definition) is 3. The van der Waals surface area contributed by atoms with Crippen molar-refractivity contribution in [2.45, 2.75) is 45.4 Å². The van der Waals surface area contributed by atoms with Gasteiger partial charge in [-0.25, -0.2) is 4.98 Å². The van der Waals surface area contributed by atoms with Gasteiger partial charge in [0.15, 0.2) is 0 Å². The van der Waals surface area contributed by atoms with Crippen LogP contribution in [0.2, 0.25) is 0 Å². The van der Waals surface area contributed by atoms with E-state index in [-0.39, 0.29) is 5.91 Å². The molecule has 0 radical (unpaired) electrons. The molecule has 0 atom stereocenters. The zero-order chi connectivity index (χ0) is 18.9. The number of amides is 1. The van der Waals surface area contributed by atoms with Crippen molar-refractivity contribution in [3.05, 3.63) is 59.9 Å². The van der Waals surface area contributed by atoms with Crippen LogP contribution in [0.25, 0.3) is 0 Å². The number of pyridine rings is 1. The summed E-state index contributed by atoms with van der Waals surface area (Å²) >= 11 is 0. The Morgan fingerprint density at radius 3 is 2.56 bits per heavy atom. The van der Waals surface area contributed by atoms with E-state index in [2.05, 4.69) is 52.5 Å². The Morgan fingerprint density at radius 2 is 1.89 bits per heavy atom. The average molecular weight is 366 g/mol. The van der Waals surface area contributed by atoms with Crippen LogP contribution in [0.5, 0.6) is 0 Å². The first-order chi connectivity index (χ1) is 13.3. The maximum absolute atomic E-state index is 12.1. The van der Waals surface area contributed by atoms with Crippen LogP contribution in [0.4, 0.5) is 5.69 Å². The topological polar surface area (TPSA) is 45.2 Å². The highest BCUT2D eigenvalue weighted by Crippen LogP contribution is 2.25. The predicted molar refractivity (Wildman–Crippen MR) is 111 cm³/mol. The number of unbranched alkanes of at least 4 members (excludes halogenated alkanes) is 2. The van der Waals surface area contributed by atoms with E-state index in [0.717, 1.165) is 50.5 Å². The molecule has 0 bridgehead atoms. The molecule has 144 valence electrons. The highest BCUT2D eigenvalue weighted by Gasteiger charge is 2.20. The third-order valence-corrected chi connectivity index (χ3v) is 5.39. The molecule has 0 aliphatic carbocycles. The van der Waals surface area contributed by atoms with Crippen LogP contribution in [0, 0.1) is 5.92 Å². The molecule has 2 heterocycles. The van der Waals surface area contributed by atoms with E-state index in [1.807, 2.05) is 18.3 Å². The van der Waals surface area contributed by atoms with Crippen molar-refractivity contribution in [2.75, 3.05) is 24.5 Å². The number of carbonyl (C=O) groups excluding carboxylic acids is 1.